The van der Waals surface area contributed by atoms with Crippen molar-refractivity contribution in [3.8, 4) is 0 Å². The molecule has 0 aliphatic carbocycles. The van der Waals surface area contributed by atoms with E-state index in [9.17, 15) is 13.2 Å². The summed E-state index contributed by atoms with van der Waals surface area (Å²) in [6.45, 7) is 1.98. The lowest BCUT2D eigenvalue weighted by Crippen LogP contribution is -2.14. The molecule has 140 valence electrons. The largest absolute Gasteiger partial charge is 0.326 e. The van der Waals surface area contributed by atoms with Crippen LogP contribution in [0.3, 0.4) is 0 Å². The van der Waals surface area contributed by atoms with Crippen LogP contribution in [-0.4, -0.2) is 26.4 Å². The SMILES string of the molecule is CNCc1ccc2cccc(NS(=O)(=O)c3ccc(NC(C)=O)cc3)c2n1. The van der Waals surface area contributed by atoms with Crippen molar-refractivity contribution in [3.05, 3.63) is 60.3 Å². The number of benzene rings is 2. The van der Waals surface area contributed by atoms with Gasteiger partial charge in [0.05, 0.1) is 21.8 Å². The summed E-state index contributed by atoms with van der Waals surface area (Å²) in [4.78, 5) is 15.7. The van der Waals surface area contributed by atoms with Crippen molar-refractivity contribution in [2.75, 3.05) is 17.1 Å². The van der Waals surface area contributed by atoms with Crippen LogP contribution < -0.4 is 15.4 Å². The van der Waals surface area contributed by atoms with Crippen LogP contribution in [0.5, 0.6) is 0 Å². The molecule has 7 nitrogen and oxygen atoms in total. The van der Waals surface area contributed by atoms with E-state index in [1.54, 1.807) is 24.3 Å². The number of carbonyl (C=O) groups is 1. The van der Waals surface area contributed by atoms with Gasteiger partial charge in [0, 0.05) is 24.5 Å². The second kappa shape index (κ2) is 7.73. The Morgan fingerprint density at radius 3 is 2.44 bits per heavy atom. The van der Waals surface area contributed by atoms with Gasteiger partial charge >= 0.3 is 0 Å². The smallest absolute Gasteiger partial charge is 0.261 e. The zero-order chi connectivity index (χ0) is 19.4. The van der Waals surface area contributed by atoms with Crippen molar-refractivity contribution in [2.45, 2.75) is 18.4 Å². The van der Waals surface area contributed by atoms with Crippen LogP contribution in [0.1, 0.15) is 12.6 Å². The lowest BCUT2D eigenvalue weighted by molar-refractivity contribution is -0.114. The number of carbonyl (C=O) groups excluding carboxylic acids is 1. The highest BCUT2D eigenvalue weighted by atomic mass is 32.2. The van der Waals surface area contributed by atoms with E-state index in [-0.39, 0.29) is 10.8 Å². The fraction of sp³-hybridized carbons (Fsp3) is 0.158. The molecule has 1 heterocycles. The molecule has 1 aromatic heterocycles. The summed E-state index contributed by atoms with van der Waals surface area (Å²) >= 11 is 0. The van der Waals surface area contributed by atoms with Gasteiger partial charge in [-0.1, -0.05) is 18.2 Å². The first-order valence-corrected chi connectivity index (χ1v) is 9.81. The summed E-state index contributed by atoms with van der Waals surface area (Å²) in [5.41, 5.74) is 2.35. The molecule has 0 spiro atoms. The molecule has 0 bridgehead atoms. The van der Waals surface area contributed by atoms with Crippen LogP contribution in [-0.2, 0) is 21.4 Å². The number of fused-ring (bicyclic) bond motifs is 1. The van der Waals surface area contributed by atoms with E-state index in [2.05, 4.69) is 20.3 Å². The van der Waals surface area contributed by atoms with E-state index < -0.39 is 10.0 Å². The van der Waals surface area contributed by atoms with Crippen molar-refractivity contribution < 1.29 is 13.2 Å². The minimum Gasteiger partial charge on any atom is -0.326 e. The molecule has 27 heavy (non-hydrogen) atoms. The van der Waals surface area contributed by atoms with E-state index in [1.807, 2.05) is 25.2 Å². The molecule has 0 unspecified atom stereocenters. The van der Waals surface area contributed by atoms with Gasteiger partial charge in [0.15, 0.2) is 0 Å². The molecule has 0 saturated heterocycles. The first kappa shape index (κ1) is 18.8. The van der Waals surface area contributed by atoms with Crippen molar-refractivity contribution in [1.82, 2.24) is 10.3 Å². The Morgan fingerprint density at radius 1 is 1.04 bits per heavy atom. The van der Waals surface area contributed by atoms with Crippen LogP contribution >= 0.6 is 0 Å². The van der Waals surface area contributed by atoms with Gasteiger partial charge in [0.1, 0.15) is 0 Å². The standard InChI is InChI=1S/C19H20N4O3S/c1-13(24)21-15-8-10-17(11-9-15)27(25,26)23-18-5-3-4-14-6-7-16(12-20-2)22-19(14)18/h3-11,20,23H,12H2,1-2H3,(H,21,24). The zero-order valence-corrected chi connectivity index (χ0v) is 15.8. The minimum atomic E-state index is -3.79. The van der Waals surface area contributed by atoms with Gasteiger partial charge in [-0.05, 0) is 43.4 Å². The van der Waals surface area contributed by atoms with Gasteiger partial charge in [-0.2, -0.15) is 0 Å². The molecule has 8 heteroatoms. The maximum atomic E-state index is 12.8. The Balaban J connectivity index is 1.93. The van der Waals surface area contributed by atoms with Crippen molar-refractivity contribution in [3.63, 3.8) is 0 Å². The Labute approximate surface area is 157 Å². The molecular formula is C19H20N4O3S. The Morgan fingerprint density at radius 2 is 1.78 bits per heavy atom. The van der Waals surface area contributed by atoms with Gasteiger partial charge in [-0.3, -0.25) is 9.52 Å². The minimum absolute atomic E-state index is 0.0972. The number of aromatic nitrogens is 1. The topological polar surface area (TPSA) is 100 Å². The normalized spacial score (nSPS) is 11.3. The number of hydrogen-bond donors (Lipinski definition) is 3. The summed E-state index contributed by atoms with van der Waals surface area (Å²) in [7, 11) is -1.97. The third kappa shape index (κ3) is 4.42. The number of nitrogens with one attached hydrogen (secondary N) is 3. The van der Waals surface area contributed by atoms with E-state index in [1.165, 1.54) is 19.1 Å². The maximum absolute atomic E-state index is 12.8. The van der Waals surface area contributed by atoms with Gasteiger partial charge in [0.2, 0.25) is 5.91 Å². The van der Waals surface area contributed by atoms with Crippen LogP contribution in [0.2, 0.25) is 0 Å². The Hall–Kier alpha value is -2.97. The summed E-state index contributed by atoms with van der Waals surface area (Å²) in [6, 6.07) is 15.1. The fourth-order valence-electron chi connectivity index (χ4n) is 2.67. The Bertz CT molecular complexity index is 1080. The molecule has 1 amide bonds. The first-order valence-electron chi connectivity index (χ1n) is 8.33. The fourth-order valence-corrected chi connectivity index (χ4v) is 3.74. The highest BCUT2D eigenvalue weighted by Gasteiger charge is 2.16. The highest BCUT2D eigenvalue weighted by Crippen LogP contribution is 2.25. The number of nitrogens with zero attached hydrogens (tertiary/aromatic N) is 1. The van der Waals surface area contributed by atoms with Crippen LogP contribution in [0.25, 0.3) is 10.9 Å². The number of anilines is 2. The van der Waals surface area contributed by atoms with Crippen molar-refractivity contribution in [1.29, 1.82) is 0 Å². The summed E-state index contributed by atoms with van der Waals surface area (Å²) in [5.74, 6) is -0.220. The zero-order valence-electron chi connectivity index (χ0n) is 15.0. The highest BCUT2D eigenvalue weighted by molar-refractivity contribution is 7.92. The predicted molar refractivity (Wildman–Crippen MR) is 106 cm³/mol. The summed E-state index contributed by atoms with van der Waals surface area (Å²) in [5, 5.41) is 6.48. The molecule has 2 aromatic carbocycles. The quantitative estimate of drug-likeness (QED) is 0.607. The number of hydrogen-bond acceptors (Lipinski definition) is 5. The number of rotatable bonds is 6. The first-order chi connectivity index (χ1) is 12.9. The molecule has 0 aliphatic rings. The number of sulfonamides is 1. The van der Waals surface area contributed by atoms with E-state index >= 15 is 0 Å². The van der Waals surface area contributed by atoms with Crippen LogP contribution in [0.4, 0.5) is 11.4 Å². The number of amides is 1. The molecule has 3 N–H and O–H groups in total. The number of para-hydroxylation sites is 1. The molecule has 0 atom stereocenters. The average Bonchev–Trinajstić information content (AvgIpc) is 2.62. The molecule has 0 aliphatic heterocycles. The van der Waals surface area contributed by atoms with Crippen molar-refractivity contribution >= 4 is 38.2 Å². The third-order valence-electron chi connectivity index (χ3n) is 3.87. The third-order valence-corrected chi connectivity index (χ3v) is 5.25. The van der Waals surface area contributed by atoms with Gasteiger partial charge in [-0.25, -0.2) is 13.4 Å². The van der Waals surface area contributed by atoms with E-state index in [4.69, 9.17) is 0 Å². The molecular weight excluding hydrogens is 364 g/mol. The Kier molecular flexibility index (Phi) is 5.38. The van der Waals surface area contributed by atoms with E-state index in [0.29, 0.717) is 23.4 Å². The number of pyridine rings is 1. The predicted octanol–water partition coefficient (Wildman–Crippen LogP) is 2.71. The second-order valence-corrected chi connectivity index (χ2v) is 7.70. The molecule has 3 rings (SSSR count). The average molecular weight is 384 g/mol. The monoisotopic (exact) mass is 384 g/mol. The lowest BCUT2D eigenvalue weighted by atomic mass is 10.2. The second-order valence-electron chi connectivity index (χ2n) is 6.02. The molecule has 0 radical (unpaired) electrons. The lowest BCUT2D eigenvalue weighted by Gasteiger charge is -2.12. The summed E-state index contributed by atoms with van der Waals surface area (Å²) in [6.07, 6.45) is 0. The van der Waals surface area contributed by atoms with Crippen LogP contribution in [0.15, 0.2) is 59.5 Å². The molecule has 0 fully saturated rings. The van der Waals surface area contributed by atoms with E-state index in [0.717, 1.165) is 11.1 Å². The summed E-state index contributed by atoms with van der Waals surface area (Å²) < 4.78 is 28.1. The van der Waals surface area contributed by atoms with Gasteiger partial charge < -0.3 is 10.6 Å². The molecule has 3 aromatic rings. The van der Waals surface area contributed by atoms with Crippen LogP contribution in [0, 0.1) is 0 Å². The maximum Gasteiger partial charge on any atom is 0.261 e. The van der Waals surface area contributed by atoms with Crippen molar-refractivity contribution in [2.24, 2.45) is 0 Å². The molecule has 0 saturated carbocycles. The van der Waals surface area contributed by atoms with Gasteiger partial charge in [0.25, 0.3) is 10.0 Å². The van der Waals surface area contributed by atoms with Gasteiger partial charge in [-0.15, -0.1) is 0 Å².